The van der Waals surface area contributed by atoms with E-state index < -0.39 is 0 Å². The second-order valence-electron chi connectivity index (χ2n) is 3.88. The van der Waals surface area contributed by atoms with E-state index in [4.69, 9.17) is 17.3 Å². The second kappa shape index (κ2) is 6.02. The molecule has 1 amide bonds. The van der Waals surface area contributed by atoms with Crippen LogP contribution in [0.25, 0.3) is 0 Å². The van der Waals surface area contributed by atoms with Gasteiger partial charge >= 0.3 is 0 Å². The summed E-state index contributed by atoms with van der Waals surface area (Å²) in [6.45, 7) is 0. The molecule has 4 nitrogen and oxygen atoms in total. The Morgan fingerprint density at radius 3 is 2.63 bits per heavy atom. The predicted octanol–water partition coefficient (Wildman–Crippen LogP) is 2.69. The first-order chi connectivity index (χ1) is 9.15. The number of halogens is 1. The van der Waals surface area contributed by atoms with Crippen molar-refractivity contribution in [3.05, 3.63) is 64.7 Å². The van der Waals surface area contributed by atoms with E-state index >= 15 is 0 Å². The van der Waals surface area contributed by atoms with Crippen molar-refractivity contribution in [2.45, 2.75) is 0 Å². The minimum Gasteiger partial charge on any atom is -0.399 e. The molecule has 0 saturated carbocycles. The molecule has 0 radical (unpaired) electrons. The molecule has 2 rings (SSSR count). The van der Waals surface area contributed by atoms with Gasteiger partial charge in [-0.25, -0.2) is 5.43 Å². The molecule has 19 heavy (non-hydrogen) atoms. The molecule has 0 aliphatic carbocycles. The molecule has 3 N–H and O–H groups in total. The molecule has 0 atom stereocenters. The summed E-state index contributed by atoms with van der Waals surface area (Å²) in [5, 5.41) is 4.52. The summed E-state index contributed by atoms with van der Waals surface area (Å²) >= 11 is 5.76. The summed E-state index contributed by atoms with van der Waals surface area (Å²) in [4.78, 5) is 11.7. The monoisotopic (exact) mass is 273 g/mol. The summed E-state index contributed by atoms with van der Waals surface area (Å²) < 4.78 is 0. The number of rotatable bonds is 3. The fourth-order valence-corrected chi connectivity index (χ4v) is 1.58. The Hall–Kier alpha value is -2.33. The van der Waals surface area contributed by atoms with Crippen LogP contribution in [0.4, 0.5) is 5.69 Å². The van der Waals surface area contributed by atoms with E-state index in [1.165, 1.54) is 0 Å². The van der Waals surface area contributed by atoms with Crippen molar-refractivity contribution in [2.75, 3.05) is 5.73 Å². The van der Waals surface area contributed by atoms with Gasteiger partial charge in [-0.05, 0) is 35.9 Å². The number of nitrogens with two attached hydrogens (primary N) is 1. The fraction of sp³-hybridized carbons (Fsp3) is 0. The van der Waals surface area contributed by atoms with Gasteiger partial charge in [-0.15, -0.1) is 0 Å². The Balaban J connectivity index is 1.98. The molecule has 0 aliphatic rings. The lowest BCUT2D eigenvalue weighted by Gasteiger charge is -2.00. The number of benzene rings is 2. The molecular weight excluding hydrogens is 262 g/mol. The van der Waals surface area contributed by atoms with Crippen molar-refractivity contribution >= 4 is 29.4 Å². The summed E-state index contributed by atoms with van der Waals surface area (Å²) in [5.74, 6) is -0.308. The molecule has 2 aromatic carbocycles. The number of anilines is 1. The molecule has 0 fully saturated rings. The van der Waals surface area contributed by atoms with Crippen LogP contribution in [0.1, 0.15) is 15.9 Å². The number of hydrogen-bond acceptors (Lipinski definition) is 3. The molecular formula is C14H12ClN3O. The number of nitrogens with one attached hydrogen (secondary N) is 1. The highest BCUT2D eigenvalue weighted by molar-refractivity contribution is 6.30. The number of amides is 1. The number of nitrogens with zero attached hydrogens (tertiary/aromatic N) is 1. The lowest BCUT2D eigenvalue weighted by atomic mass is 10.2. The van der Waals surface area contributed by atoms with Crippen molar-refractivity contribution in [2.24, 2.45) is 5.10 Å². The molecule has 5 heteroatoms. The van der Waals surface area contributed by atoms with Gasteiger partial charge in [0.2, 0.25) is 0 Å². The van der Waals surface area contributed by atoms with Gasteiger partial charge in [-0.3, -0.25) is 4.79 Å². The van der Waals surface area contributed by atoms with Gasteiger partial charge in [0.25, 0.3) is 5.91 Å². The Bertz CT molecular complexity index is 608. The molecule has 0 aliphatic heterocycles. The van der Waals surface area contributed by atoms with Crippen molar-refractivity contribution < 1.29 is 4.79 Å². The third-order valence-electron chi connectivity index (χ3n) is 2.40. The zero-order chi connectivity index (χ0) is 13.7. The van der Waals surface area contributed by atoms with Crippen LogP contribution in [0.5, 0.6) is 0 Å². The zero-order valence-electron chi connectivity index (χ0n) is 10.0. The van der Waals surface area contributed by atoms with E-state index in [2.05, 4.69) is 10.5 Å². The minimum atomic E-state index is -0.308. The van der Waals surface area contributed by atoms with Crippen LogP contribution >= 0.6 is 11.6 Å². The standard InChI is InChI=1S/C14H12ClN3O/c15-12-6-4-10(5-7-12)9-17-18-14(19)11-2-1-3-13(16)8-11/h1-9H,16H2,(H,18,19)/b17-9+. The fourth-order valence-electron chi connectivity index (χ4n) is 1.46. The molecule has 0 spiro atoms. The maximum Gasteiger partial charge on any atom is 0.271 e. The first kappa shape index (κ1) is 13.1. The summed E-state index contributed by atoms with van der Waals surface area (Å²) in [6, 6.07) is 13.8. The largest absolute Gasteiger partial charge is 0.399 e. The number of carbonyl (C=O) groups excluding carboxylic acids is 1. The average Bonchev–Trinajstić information content (AvgIpc) is 2.41. The Morgan fingerprint density at radius 1 is 1.21 bits per heavy atom. The first-order valence-electron chi connectivity index (χ1n) is 5.59. The Kier molecular flexibility index (Phi) is 4.15. The van der Waals surface area contributed by atoms with Gasteiger partial charge in [-0.2, -0.15) is 5.10 Å². The van der Waals surface area contributed by atoms with Crippen LogP contribution in [-0.4, -0.2) is 12.1 Å². The predicted molar refractivity (Wildman–Crippen MR) is 77.4 cm³/mol. The van der Waals surface area contributed by atoms with Gasteiger partial charge < -0.3 is 5.73 Å². The maximum absolute atomic E-state index is 11.7. The van der Waals surface area contributed by atoms with Crippen molar-refractivity contribution in [1.82, 2.24) is 5.43 Å². The first-order valence-corrected chi connectivity index (χ1v) is 5.97. The average molecular weight is 274 g/mol. The number of hydrogen-bond donors (Lipinski definition) is 2. The van der Waals surface area contributed by atoms with Crippen LogP contribution in [0.15, 0.2) is 53.6 Å². The van der Waals surface area contributed by atoms with E-state index in [9.17, 15) is 4.79 Å². The SMILES string of the molecule is Nc1cccc(C(=O)N/N=C/c2ccc(Cl)cc2)c1. The lowest BCUT2D eigenvalue weighted by Crippen LogP contribution is -2.17. The summed E-state index contributed by atoms with van der Waals surface area (Å²) in [5.41, 5.74) is 9.88. The van der Waals surface area contributed by atoms with Crippen LogP contribution in [-0.2, 0) is 0 Å². The highest BCUT2D eigenvalue weighted by Crippen LogP contribution is 2.08. The molecule has 0 heterocycles. The summed E-state index contributed by atoms with van der Waals surface area (Å²) in [7, 11) is 0. The Labute approximate surface area is 115 Å². The number of hydrazone groups is 1. The van der Waals surface area contributed by atoms with Gasteiger partial charge in [0, 0.05) is 16.3 Å². The number of nitrogen functional groups attached to an aromatic ring is 1. The summed E-state index contributed by atoms with van der Waals surface area (Å²) in [6.07, 6.45) is 1.54. The van der Waals surface area contributed by atoms with Crippen LogP contribution in [0.3, 0.4) is 0 Å². The van der Waals surface area contributed by atoms with E-state index in [0.29, 0.717) is 16.3 Å². The molecule has 96 valence electrons. The maximum atomic E-state index is 11.7. The van der Waals surface area contributed by atoms with Gasteiger partial charge in [0.05, 0.1) is 6.21 Å². The van der Waals surface area contributed by atoms with Gasteiger partial charge in [0.15, 0.2) is 0 Å². The molecule has 0 aromatic heterocycles. The van der Waals surface area contributed by atoms with Crippen molar-refractivity contribution in [3.8, 4) is 0 Å². The zero-order valence-corrected chi connectivity index (χ0v) is 10.8. The van der Waals surface area contributed by atoms with Crippen LogP contribution < -0.4 is 11.2 Å². The normalized spacial score (nSPS) is 10.6. The minimum absolute atomic E-state index is 0.308. The highest BCUT2D eigenvalue weighted by Gasteiger charge is 2.03. The topological polar surface area (TPSA) is 67.5 Å². The van der Waals surface area contributed by atoms with Gasteiger partial charge in [0.1, 0.15) is 0 Å². The third-order valence-corrected chi connectivity index (χ3v) is 2.65. The smallest absolute Gasteiger partial charge is 0.271 e. The van der Waals surface area contributed by atoms with Crippen LogP contribution in [0, 0.1) is 0 Å². The van der Waals surface area contributed by atoms with Crippen LogP contribution in [0.2, 0.25) is 5.02 Å². The Morgan fingerprint density at radius 2 is 1.95 bits per heavy atom. The van der Waals surface area contributed by atoms with E-state index in [1.807, 2.05) is 0 Å². The van der Waals surface area contributed by atoms with Gasteiger partial charge in [-0.1, -0.05) is 29.8 Å². The van der Waals surface area contributed by atoms with E-state index in [0.717, 1.165) is 5.56 Å². The van der Waals surface area contributed by atoms with E-state index in [-0.39, 0.29) is 5.91 Å². The quantitative estimate of drug-likeness (QED) is 0.513. The lowest BCUT2D eigenvalue weighted by molar-refractivity contribution is 0.0955. The third kappa shape index (κ3) is 3.82. The van der Waals surface area contributed by atoms with Crippen molar-refractivity contribution in [3.63, 3.8) is 0 Å². The van der Waals surface area contributed by atoms with E-state index in [1.54, 1.807) is 54.7 Å². The molecule has 0 unspecified atom stereocenters. The molecule has 0 saturated heterocycles. The highest BCUT2D eigenvalue weighted by atomic mass is 35.5. The molecule has 2 aromatic rings. The number of carbonyl (C=O) groups is 1. The second-order valence-corrected chi connectivity index (χ2v) is 4.31. The molecule has 0 bridgehead atoms. The van der Waals surface area contributed by atoms with Crippen molar-refractivity contribution in [1.29, 1.82) is 0 Å².